The lowest BCUT2D eigenvalue weighted by Gasteiger charge is -2.25. The van der Waals surface area contributed by atoms with Crippen molar-refractivity contribution in [2.45, 2.75) is 25.4 Å². The minimum Gasteiger partial charge on any atom is -0.381 e. The van der Waals surface area contributed by atoms with Gasteiger partial charge in [-0.3, -0.25) is 0 Å². The lowest BCUT2D eigenvalue weighted by molar-refractivity contribution is 0.0303. The molecule has 0 bridgehead atoms. The van der Waals surface area contributed by atoms with Crippen molar-refractivity contribution in [2.24, 2.45) is 5.73 Å². The molecule has 0 saturated carbocycles. The lowest BCUT2D eigenvalue weighted by atomic mass is 9.90. The van der Waals surface area contributed by atoms with Gasteiger partial charge in [-0.1, -0.05) is 6.07 Å². The molecule has 1 unspecified atom stereocenters. The molecule has 0 aliphatic heterocycles. The summed E-state index contributed by atoms with van der Waals surface area (Å²) in [7, 11) is 1.45. The highest BCUT2D eigenvalue weighted by Crippen LogP contribution is 2.32. The Morgan fingerprint density at radius 2 is 2.12 bits per heavy atom. The Balaban J connectivity index is 2.99. The Bertz CT molecular complexity index is 370. The molecule has 0 spiro atoms. The number of hydrogen-bond acceptors (Lipinski definition) is 2. The van der Waals surface area contributed by atoms with E-state index in [1.165, 1.54) is 25.3 Å². The van der Waals surface area contributed by atoms with E-state index in [9.17, 15) is 8.78 Å². The normalized spacial score (nSPS) is 14.6. The maximum atomic E-state index is 14.7. The van der Waals surface area contributed by atoms with Gasteiger partial charge in [0.05, 0.1) is 6.61 Å². The number of ether oxygens (including phenoxy) is 1. The Hall–Kier alpha value is -1.00. The molecule has 0 heterocycles. The molecule has 2 N–H and O–H groups in total. The van der Waals surface area contributed by atoms with Crippen molar-refractivity contribution in [3.05, 3.63) is 35.1 Å². The molecule has 17 heavy (non-hydrogen) atoms. The van der Waals surface area contributed by atoms with Crippen molar-refractivity contribution in [3.63, 3.8) is 0 Å². The maximum Gasteiger partial charge on any atom is 0.159 e. The SMILES string of the molecule is COCC(F)(CCCN)c1ccc(F)c(C)c1. The smallest absolute Gasteiger partial charge is 0.159 e. The first-order valence-corrected chi connectivity index (χ1v) is 5.68. The van der Waals surface area contributed by atoms with Crippen molar-refractivity contribution in [3.8, 4) is 0 Å². The van der Waals surface area contributed by atoms with Crippen LogP contribution in [0, 0.1) is 12.7 Å². The summed E-state index contributed by atoms with van der Waals surface area (Å²) in [5.41, 5.74) is 4.69. The fourth-order valence-corrected chi connectivity index (χ4v) is 1.83. The summed E-state index contributed by atoms with van der Waals surface area (Å²) >= 11 is 0. The average Bonchev–Trinajstić information content (AvgIpc) is 2.30. The third kappa shape index (κ3) is 3.48. The molecule has 4 heteroatoms. The topological polar surface area (TPSA) is 35.2 Å². The van der Waals surface area contributed by atoms with Crippen LogP contribution >= 0.6 is 0 Å². The molecule has 1 atom stereocenters. The number of rotatable bonds is 6. The monoisotopic (exact) mass is 243 g/mol. The van der Waals surface area contributed by atoms with Gasteiger partial charge in [0.1, 0.15) is 5.82 Å². The van der Waals surface area contributed by atoms with Crippen LogP contribution in [-0.2, 0) is 10.4 Å². The van der Waals surface area contributed by atoms with Gasteiger partial charge in [-0.05, 0) is 49.6 Å². The summed E-state index contributed by atoms with van der Waals surface area (Å²) in [5, 5.41) is 0. The molecule has 0 aliphatic carbocycles. The lowest BCUT2D eigenvalue weighted by Crippen LogP contribution is -2.27. The zero-order valence-corrected chi connectivity index (χ0v) is 10.3. The van der Waals surface area contributed by atoms with Crippen molar-refractivity contribution < 1.29 is 13.5 Å². The fraction of sp³-hybridized carbons (Fsp3) is 0.538. The molecule has 0 saturated heterocycles. The maximum absolute atomic E-state index is 14.7. The fourth-order valence-electron chi connectivity index (χ4n) is 1.83. The van der Waals surface area contributed by atoms with Crippen molar-refractivity contribution in [2.75, 3.05) is 20.3 Å². The van der Waals surface area contributed by atoms with E-state index in [4.69, 9.17) is 10.5 Å². The summed E-state index contributed by atoms with van der Waals surface area (Å²) in [6, 6.07) is 4.29. The van der Waals surface area contributed by atoms with Gasteiger partial charge in [0, 0.05) is 7.11 Å². The molecule has 0 amide bonds. The Morgan fingerprint density at radius 3 is 2.65 bits per heavy atom. The third-order valence-electron chi connectivity index (χ3n) is 2.83. The highest BCUT2D eigenvalue weighted by molar-refractivity contribution is 5.29. The van der Waals surface area contributed by atoms with Crippen LogP contribution in [0.1, 0.15) is 24.0 Å². The average molecular weight is 243 g/mol. The van der Waals surface area contributed by atoms with E-state index < -0.39 is 5.67 Å². The summed E-state index contributed by atoms with van der Waals surface area (Å²) in [4.78, 5) is 0. The molecule has 1 rings (SSSR count). The summed E-state index contributed by atoms with van der Waals surface area (Å²) < 4.78 is 32.8. The molecule has 96 valence electrons. The molecule has 0 fully saturated rings. The van der Waals surface area contributed by atoms with Gasteiger partial charge >= 0.3 is 0 Å². The van der Waals surface area contributed by atoms with Gasteiger partial charge in [-0.2, -0.15) is 0 Å². The molecule has 0 aromatic heterocycles. The highest BCUT2D eigenvalue weighted by Gasteiger charge is 2.31. The predicted octanol–water partition coefficient (Wildman–Crippen LogP) is 2.68. The number of nitrogens with two attached hydrogens (primary N) is 1. The Labute approximate surface area is 101 Å². The van der Waals surface area contributed by atoms with E-state index in [2.05, 4.69) is 0 Å². The minimum atomic E-state index is -1.59. The summed E-state index contributed by atoms with van der Waals surface area (Å²) in [5.74, 6) is -0.327. The molecule has 0 aliphatic rings. The zero-order chi connectivity index (χ0) is 12.9. The van der Waals surface area contributed by atoms with Gasteiger partial charge in [-0.25, -0.2) is 8.78 Å². The van der Waals surface area contributed by atoms with Crippen molar-refractivity contribution in [1.82, 2.24) is 0 Å². The van der Waals surface area contributed by atoms with E-state index in [-0.39, 0.29) is 18.8 Å². The number of alkyl halides is 1. The molecule has 1 aromatic carbocycles. The second-order valence-electron chi connectivity index (χ2n) is 4.25. The van der Waals surface area contributed by atoms with Gasteiger partial charge in [-0.15, -0.1) is 0 Å². The van der Waals surface area contributed by atoms with Gasteiger partial charge in [0.15, 0.2) is 5.67 Å². The van der Waals surface area contributed by atoms with E-state index in [1.807, 2.05) is 0 Å². The molecular weight excluding hydrogens is 224 g/mol. The molecule has 2 nitrogen and oxygen atoms in total. The van der Waals surface area contributed by atoms with Crippen LogP contribution in [-0.4, -0.2) is 20.3 Å². The van der Waals surface area contributed by atoms with Crippen molar-refractivity contribution in [1.29, 1.82) is 0 Å². The number of halogens is 2. The van der Waals surface area contributed by atoms with Crippen LogP contribution in [0.3, 0.4) is 0 Å². The standard InChI is InChI=1S/C13H19F2NO/c1-10-8-11(4-5-12(10)14)13(15,9-17-2)6-3-7-16/h4-5,8H,3,6-7,9,16H2,1-2H3. The zero-order valence-electron chi connectivity index (χ0n) is 10.3. The highest BCUT2D eigenvalue weighted by atomic mass is 19.1. The van der Waals surface area contributed by atoms with Crippen LogP contribution in [0.2, 0.25) is 0 Å². The first-order valence-electron chi connectivity index (χ1n) is 5.68. The third-order valence-corrected chi connectivity index (χ3v) is 2.83. The number of aryl methyl sites for hydroxylation is 1. The van der Waals surface area contributed by atoms with Crippen LogP contribution < -0.4 is 5.73 Å². The summed E-state index contributed by atoms with van der Waals surface area (Å²) in [6.45, 7) is 2.00. The number of hydrogen-bond donors (Lipinski definition) is 1. The Kier molecular flexibility index (Phi) is 5.02. The van der Waals surface area contributed by atoms with E-state index in [0.29, 0.717) is 24.1 Å². The van der Waals surface area contributed by atoms with E-state index >= 15 is 0 Å². The second-order valence-corrected chi connectivity index (χ2v) is 4.25. The molecule has 0 radical (unpaired) electrons. The van der Waals surface area contributed by atoms with Crippen LogP contribution in [0.5, 0.6) is 0 Å². The second kappa shape index (κ2) is 6.07. The van der Waals surface area contributed by atoms with E-state index in [0.717, 1.165) is 0 Å². The van der Waals surface area contributed by atoms with Crippen LogP contribution in [0.25, 0.3) is 0 Å². The largest absolute Gasteiger partial charge is 0.381 e. The van der Waals surface area contributed by atoms with Crippen LogP contribution in [0.15, 0.2) is 18.2 Å². The van der Waals surface area contributed by atoms with Gasteiger partial charge in [0.2, 0.25) is 0 Å². The molecule has 1 aromatic rings. The first-order chi connectivity index (χ1) is 8.03. The summed E-state index contributed by atoms with van der Waals surface area (Å²) in [6.07, 6.45) is 0.846. The van der Waals surface area contributed by atoms with Crippen LogP contribution in [0.4, 0.5) is 8.78 Å². The minimum absolute atomic E-state index is 0.0436. The van der Waals surface area contributed by atoms with Crippen molar-refractivity contribution >= 4 is 0 Å². The first kappa shape index (κ1) is 14.1. The Morgan fingerprint density at radius 1 is 1.41 bits per heavy atom. The van der Waals surface area contributed by atoms with Gasteiger partial charge < -0.3 is 10.5 Å². The predicted molar refractivity (Wildman–Crippen MR) is 64.1 cm³/mol. The number of methoxy groups -OCH3 is 1. The van der Waals surface area contributed by atoms with E-state index in [1.54, 1.807) is 6.92 Å². The van der Waals surface area contributed by atoms with Gasteiger partial charge in [0.25, 0.3) is 0 Å². The quantitative estimate of drug-likeness (QED) is 0.833. The molecular formula is C13H19F2NO. The number of benzene rings is 1.